The van der Waals surface area contributed by atoms with E-state index in [4.69, 9.17) is 4.74 Å². The van der Waals surface area contributed by atoms with Crippen molar-refractivity contribution in [3.63, 3.8) is 0 Å². The zero-order chi connectivity index (χ0) is 24.2. The van der Waals surface area contributed by atoms with Gasteiger partial charge >= 0.3 is 0 Å². The predicted octanol–water partition coefficient (Wildman–Crippen LogP) is 3.69. The standard InChI is InChI=1S/C23H21N5O4S2/c1-13-8-9-16-18(10-13)34-22(26-16)27-19(29)12-33-23-24-11-14(21(31)28(23)2)20(30)25-15-6-4-5-7-17(15)32-3/h4-11H,12H2,1-3H3,(H,25,30)(H,26,27,29). The molecule has 0 radical (unpaired) electrons. The zero-order valence-electron chi connectivity index (χ0n) is 18.6. The molecule has 0 fully saturated rings. The number of aromatic nitrogens is 3. The molecule has 4 rings (SSSR count). The maximum Gasteiger partial charge on any atom is 0.266 e. The Balaban J connectivity index is 1.41. The second kappa shape index (κ2) is 10.1. The lowest BCUT2D eigenvalue weighted by Gasteiger charge is -2.11. The number of hydrogen-bond donors (Lipinski definition) is 2. The number of hydrogen-bond acceptors (Lipinski definition) is 8. The fraction of sp³-hybridized carbons (Fsp3) is 0.174. The number of carbonyl (C=O) groups is 2. The number of thiazole rings is 1. The molecule has 34 heavy (non-hydrogen) atoms. The lowest BCUT2D eigenvalue weighted by atomic mass is 10.2. The molecule has 2 aromatic carbocycles. The minimum atomic E-state index is -0.599. The van der Waals surface area contributed by atoms with Crippen LogP contribution in [0.3, 0.4) is 0 Å². The van der Waals surface area contributed by atoms with Crippen molar-refractivity contribution in [1.82, 2.24) is 14.5 Å². The Kier molecular flexibility index (Phi) is 6.94. The van der Waals surface area contributed by atoms with E-state index in [1.54, 1.807) is 24.3 Å². The number of fused-ring (bicyclic) bond motifs is 1. The van der Waals surface area contributed by atoms with Crippen molar-refractivity contribution in [2.24, 2.45) is 7.05 Å². The van der Waals surface area contributed by atoms with Gasteiger partial charge in [-0.05, 0) is 36.8 Å². The lowest BCUT2D eigenvalue weighted by molar-refractivity contribution is -0.113. The number of thioether (sulfide) groups is 1. The van der Waals surface area contributed by atoms with E-state index in [-0.39, 0.29) is 17.2 Å². The number of nitrogens with zero attached hydrogens (tertiary/aromatic N) is 3. The van der Waals surface area contributed by atoms with Crippen LogP contribution in [-0.2, 0) is 11.8 Å². The lowest BCUT2D eigenvalue weighted by Crippen LogP contribution is -2.29. The highest BCUT2D eigenvalue weighted by Gasteiger charge is 2.17. The molecule has 0 aliphatic heterocycles. The SMILES string of the molecule is COc1ccccc1NC(=O)c1cnc(SCC(=O)Nc2nc3ccc(C)cc3s2)n(C)c1=O. The van der Waals surface area contributed by atoms with Crippen molar-refractivity contribution in [2.45, 2.75) is 12.1 Å². The number of methoxy groups -OCH3 is 1. The molecule has 0 aliphatic carbocycles. The summed E-state index contributed by atoms with van der Waals surface area (Å²) in [4.78, 5) is 46.4. The van der Waals surface area contributed by atoms with Crippen LogP contribution in [0, 0.1) is 6.92 Å². The monoisotopic (exact) mass is 495 g/mol. The maximum atomic E-state index is 12.7. The molecule has 0 unspecified atom stereocenters. The largest absolute Gasteiger partial charge is 0.495 e. The van der Waals surface area contributed by atoms with Crippen molar-refractivity contribution in [2.75, 3.05) is 23.5 Å². The number of aryl methyl sites for hydroxylation is 1. The van der Waals surface area contributed by atoms with E-state index >= 15 is 0 Å². The van der Waals surface area contributed by atoms with Gasteiger partial charge in [-0.3, -0.25) is 19.0 Å². The highest BCUT2D eigenvalue weighted by molar-refractivity contribution is 7.99. The summed E-state index contributed by atoms with van der Waals surface area (Å²) in [6, 6.07) is 12.8. The van der Waals surface area contributed by atoms with E-state index in [2.05, 4.69) is 20.6 Å². The highest BCUT2D eigenvalue weighted by atomic mass is 32.2. The third-order valence-corrected chi connectivity index (χ3v) is 6.83. The summed E-state index contributed by atoms with van der Waals surface area (Å²) in [5.41, 5.74) is 1.75. The number of para-hydroxylation sites is 2. The van der Waals surface area contributed by atoms with Gasteiger partial charge in [0.05, 0.1) is 28.8 Å². The minimum Gasteiger partial charge on any atom is -0.495 e. The van der Waals surface area contributed by atoms with E-state index in [1.807, 2.05) is 25.1 Å². The van der Waals surface area contributed by atoms with Gasteiger partial charge in [-0.2, -0.15) is 0 Å². The second-order valence-electron chi connectivity index (χ2n) is 7.30. The zero-order valence-corrected chi connectivity index (χ0v) is 20.3. The first-order valence-electron chi connectivity index (χ1n) is 10.2. The summed E-state index contributed by atoms with van der Waals surface area (Å²) >= 11 is 2.49. The Morgan fingerprint density at radius 1 is 1.18 bits per heavy atom. The summed E-state index contributed by atoms with van der Waals surface area (Å²) in [6.45, 7) is 2.00. The Hall–Kier alpha value is -3.70. The number of amides is 2. The molecule has 2 heterocycles. The van der Waals surface area contributed by atoms with Crippen LogP contribution in [0.5, 0.6) is 5.75 Å². The van der Waals surface area contributed by atoms with Gasteiger partial charge in [0.25, 0.3) is 11.5 Å². The molecular weight excluding hydrogens is 474 g/mol. The van der Waals surface area contributed by atoms with Crippen LogP contribution in [0.2, 0.25) is 0 Å². The maximum absolute atomic E-state index is 12.7. The molecule has 4 aromatic rings. The van der Waals surface area contributed by atoms with E-state index in [9.17, 15) is 14.4 Å². The number of rotatable bonds is 7. The molecule has 9 nitrogen and oxygen atoms in total. The third-order valence-electron chi connectivity index (χ3n) is 4.85. The molecule has 0 aliphatic rings. The Morgan fingerprint density at radius 2 is 1.97 bits per heavy atom. The van der Waals surface area contributed by atoms with Gasteiger partial charge < -0.3 is 15.4 Å². The van der Waals surface area contributed by atoms with Crippen molar-refractivity contribution in [3.8, 4) is 5.75 Å². The van der Waals surface area contributed by atoms with Crippen molar-refractivity contribution >= 4 is 55.9 Å². The van der Waals surface area contributed by atoms with E-state index in [1.165, 1.54) is 36.3 Å². The summed E-state index contributed by atoms with van der Waals surface area (Å²) < 4.78 is 7.46. The fourth-order valence-corrected chi connectivity index (χ4v) is 4.84. The molecule has 11 heteroatoms. The van der Waals surface area contributed by atoms with Gasteiger partial charge in [-0.1, -0.05) is 41.3 Å². The predicted molar refractivity (Wildman–Crippen MR) is 134 cm³/mol. The molecule has 174 valence electrons. The summed E-state index contributed by atoms with van der Waals surface area (Å²) in [5, 5.41) is 6.27. The minimum absolute atomic E-state index is 0.0298. The van der Waals surface area contributed by atoms with Crippen LogP contribution in [0.15, 0.2) is 58.6 Å². The Bertz CT molecular complexity index is 1450. The first-order chi connectivity index (χ1) is 16.4. The number of carbonyl (C=O) groups excluding carboxylic acids is 2. The normalized spacial score (nSPS) is 10.8. The van der Waals surface area contributed by atoms with Gasteiger partial charge in [0.1, 0.15) is 11.3 Å². The van der Waals surface area contributed by atoms with Crippen LogP contribution in [-0.4, -0.2) is 39.2 Å². The molecule has 0 spiro atoms. The quantitative estimate of drug-likeness (QED) is 0.297. The van der Waals surface area contributed by atoms with Gasteiger partial charge in [0.15, 0.2) is 10.3 Å². The first-order valence-corrected chi connectivity index (χ1v) is 12.0. The number of anilines is 2. The number of nitrogens with one attached hydrogen (secondary N) is 2. The van der Waals surface area contributed by atoms with Gasteiger partial charge in [-0.25, -0.2) is 9.97 Å². The second-order valence-corrected chi connectivity index (χ2v) is 9.27. The first kappa shape index (κ1) is 23.5. The molecule has 0 saturated heterocycles. The molecule has 2 aromatic heterocycles. The third kappa shape index (κ3) is 5.10. The van der Waals surface area contributed by atoms with Crippen molar-refractivity contribution < 1.29 is 14.3 Å². The van der Waals surface area contributed by atoms with Gasteiger partial charge in [-0.15, -0.1) is 0 Å². The summed E-state index contributed by atoms with van der Waals surface area (Å²) in [7, 11) is 3.00. The topological polar surface area (TPSA) is 115 Å². The Morgan fingerprint density at radius 3 is 2.76 bits per heavy atom. The van der Waals surface area contributed by atoms with Gasteiger partial charge in [0.2, 0.25) is 5.91 Å². The average molecular weight is 496 g/mol. The van der Waals surface area contributed by atoms with E-state index in [0.29, 0.717) is 21.7 Å². The summed E-state index contributed by atoms with van der Waals surface area (Å²) in [5.74, 6) is -0.366. The van der Waals surface area contributed by atoms with Crippen LogP contribution in [0.1, 0.15) is 15.9 Å². The van der Waals surface area contributed by atoms with Crippen LogP contribution < -0.4 is 20.9 Å². The van der Waals surface area contributed by atoms with E-state index in [0.717, 1.165) is 27.5 Å². The molecule has 2 amide bonds. The molecule has 0 bridgehead atoms. The van der Waals surface area contributed by atoms with Crippen molar-refractivity contribution in [1.29, 1.82) is 0 Å². The molecular formula is C23H21N5O4S2. The number of benzene rings is 2. The number of ether oxygens (including phenoxy) is 1. The van der Waals surface area contributed by atoms with Crippen LogP contribution in [0.4, 0.5) is 10.8 Å². The van der Waals surface area contributed by atoms with Crippen molar-refractivity contribution in [3.05, 3.63) is 70.1 Å². The van der Waals surface area contributed by atoms with E-state index < -0.39 is 11.5 Å². The molecule has 2 N–H and O–H groups in total. The Labute approximate surface area is 203 Å². The molecule has 0 atom stereocenters. The molecule has 0 saturated carbocycles. The van der Waals surface area contributed by atoms with Crippen LogP contribution >= 0.6 is 23.1 Å². The van der Waals surface area contributed by atoms with Gasteiger partial charge in [0, 0.05) is 13.2 Å². The fourth-order valence-electron chi connectivity index (χ4n) is 3.13. The highest BCUT2D eigenvalue weighted by Crippen LogP contribution is 2.27. The smallest absolute Gasteiger partial charge is 0.266 e. The van der Waals surface area contributed by atoms with Crippen LogP contribution in [0.25, 0.3) is 10.2 Å². The summed E-state index contributed by atoms with van der Waals surface area (Å²) in [6.07, 6.45) is 1.21. The average Bonchev–Trinajstić information content (AvgIpc) is 3.21.